The fraction of sp³-hybridized carbons (Fsp3) is 0.155. The quantitative estimate of drug-likeness (QED) is 0.113. The Morgan fingerprint density at radius 3 is 1.94 bits per heavy atom. The molecule has 0 fully saturated rings. The molecule has 0 aliphatic heterocycles. The molecule has 65 heavy (non-hydrogen) atoms. The van der Waals surface area contributed by atoms with Crippen molar-refractivity contribution in [2.75, 3.05) is 0 Å². The third-order valence-corrected chi connectivity index (χ3v) is 17.3. The van der Waals surface area contributed by atoms with Gasteiger partial charge in [0.15, 0.2) is 0 Å². The van der Waals surface area contributed by atoms with Crippen LogP contribution in [0.4, 0.5) is 0 Å². The van der Waals surface area contributed by atoms with Crippen molar-refractivity contribution in [2.24, 2.45) is 0 Å². The van der Waals surface area contributed by atoms with Crippen LogP contribution in [0.1, 0.15) is 56.2 Å². The van der Waals surface area contributed by atoms with E-state index in [-0.39, 0.29) is 31.9 Å². The first-order valence-electron chi connectivity index (χ1n) is 22.0. The molecular formula is C58H50IrN4SiTe-2. The normalized spacial score (nSPS) is 11.4. The molecule has 0 N–H and O–H groups in total. The molecule has 0 aliphatic carbocycles. The molecule has 10 rings (SSSR count). The Hall–Kier alpha value is -5.69. The van der Waals surface area contributed by atoms with E-state index in [2.05, 4.69) is 196 Å². The van der Waals surface area contributed by atoms with E-state index < -0.39 is 28.5 Å². The summed E-state index contributed by atoms with van der Waals surface area (Å²) in [6.07, 6.45) is 2.02. The second-order valence-corrected chi connectivity index (χ2v) is 26.1. The van der Waals surface area contributed by atoms with Gasteiger partial charge in [-0.15, -0.1) is 35.9 Å². The van der Waals surface area contributed by atoms with E-state index in [0.717, 1.165) is 39.2 Å². The van der Waals surface area contributed by atoms with Gasteiger partial charge in [0.05, 0.1) is 8.07 Å². The molecule has 0 saturated heterocycles. The van der Waals surface area contributed by atoms with Crippen LogP contribution in [-0.2, 0) is 20.1 Å². The largest absolute Gasteiger partial charge is 0.305 e. The van der Waals surface area contributed by atoms with Gasteiger partial charge in [-0.1, -0.05) is 62.1 Å². The average molecular weight is 1150 g/mol. The van der Waals surface area contributed by atoms with E-state index in [0.29, 0.717) is 0 Å². The summed E-state index contributed by atoms with van der Waals surface area (Å²) in [7, 11) is -1.23. The van der Waals surface area contributed by atoms with Gasteiger partial charge in [0, 0.05) is 26.3 Å². The molecular weight excluding hydrogens is 1100 g/mol. The summed E-state index contributed by atoms with van der Waals surface area (Å²) < 4.78 is 5.08. The van der Waals surface area contributed by atoms with Crippen LogP contribution in [0.2, 0.25) is 19.6 Å². The van der Waals surface area contributed by atoms with Crippen LogP contribution in [0.5, 0.6) is 0 Å². The fourth-order valence-corrected chi connectivity index (χ4v) is 13.0. The molecule has 0 atom stereocenters. The summed E-state index contributed by atoms with van der Waals surface area (Å²) >= 11 is -0.744. The van der Waals surface area contributed by atoms with Gasteiger partial charge >= 0.3 is 257 Å². The Morgan fingerprint density at radius 2 is 1.31 bits per heavy atom. The van der Waals surface area contributed by atoms with Gasteiger partial charge in [-0.2, -0.15) is 0 Å². The molecule has 0 unspecified atom stereocenters. The number of hydrogen-bond acceptors (Lipinski definition) is 3. The molecule has 4 nitrogen and oxygen atoms in total. The van der Waals surface area contributed by atoms with Crippen molar-refractivity contribution in [1.29, 1.82) is 5.26 Å². The summed E-state index contributed by atoms with van der Waals surface area (Å²) in [6.45, 7) is 16.2. The summed E-state index contributed by atoms with van der Waals surface area (Å²) in [4.78, 5) is 9.87. The minimum Gasteiger partial charge on any atom is -0.305 e. The predicted octanol–water partition coefficient (Wildman–Crippen LogP) is 14.4. The number of aromatic nitrogens is 3. The number of imidazole rings is 1. The fourth-order valence-electron chi connectivity index (χ4n) is 8.42. The maximum Gasteiger partial charge on any atom is 0.0795 e. The van der Waals surface area contributed by atoms with Crippen LogP contribution in [-0.4, -0.2) is 43.0 Å². The van der Waals surface area contributed by atoms with Crippen LogP contribution >= 0.6 is 0 Å². The zero-order chi connectivity index (χ0) is 44.5. The number of nitrogens with zero attached hydrogens (tertiary/aromatic N) is 4. The zero-order valence-corrected chi connectivity index (χ0v) is 43.5. The summed E-state index contributed by atoms with van der Waals surface area (Å²) in [6, 6.07) is 64.7. The van der Waals surface area contributed by atoms with Crippen LogP contribution in [0.3, 0.4) is 0 Å². The van der Waals surface area contributed by atoms with E-state index in [9.17, 15) is 5.26 Å². The molecule has 0 spiro atoms. The molecule has 1 radical (unpaired) electrons. The molecule has 0 saturated carbocycles. The molecule has 0 aliphatic rings. The number of hydrogen-bond donors (Lipinski definition) is 0. The van der Waals surface area contributed by atoms with Crippen LogP contribution < -0.4 is 5.19 Å². The first-order valence-corrected chi connectivity index (χ1v) is 27.8. The van der Waals surface area contributed by atoms with Crippen molar-refractivity contribution in [3.05, 3.63) is 193 Å². The van der Waals surface area contributed by atoms with Crippen molar-refractivity contribution in [3.63, 3.8) is 0 Å². The smallest absolute Gasteiger partial charge is 0.0795 e. The Balaban J connectivity index is 0.000000287. The van der Waals surface area contributed by atoms with Crippen LogP contribution in [0.15, 0.2) is 164 Å². The SMILES string of the molecule is CC(C)c1cc(-c2ccc(-c3ccccc3)cc2)cc(C(C)C)c1-n1c(-c2[c-]ccc3c2[te]c2cc(C#N)ccc23)nc2ccccc21.C[Si](C)(C)c1ccc(-c2[c-]cccc2)nc1.[Ir]. The van der Waals surface area contributed by atoms with E-state index in [1.165, 1.54) is 61.8 Å². The number of nitriles is 1. The van der Waals surface area contributed by atoms with Crippen LogP contribution in [0, 0.1) is 23.5 Å². The predicted molar refractivity (Wildman–Crippen MR) is 273 cm³/mol. The summed E-state index contributed by atoms with van der Waals surface area (Å²) in [5.74, 6) is 1.50. The summed E-state index contributed by atoms with van der Waals surface area (Å²) in [5.41, 5.74) is 14.7. The van der Waals surface area contributed by atoms with Crippen molar-refractivity contribution < 1.29 is 20.1 Å². The molecule has 323 valence electrons. The Kier molecular flexibility index (Phi) is 13.7. The van der Waals surface area contributed by atoms with Crippen LogP contribution in [0.25, 0.3) is 79.2 Å². The van der Waals surface area contributed by atoms with Crippen molar-refractivity contribution >= 4 is 62.3 Å². The van der Waals surface area contributed by atoms with Gasteiger partial charge in [-0.05, 0) is 16.4 Å². The number of para-hydroxylation sites is 2. The average Bonchev–Trinajstić information content (AvgIpc) is 3.90. The number of fused-ring (bicyclic) bond motifs is 4. The first-order chi connectivity index (χ1) is 31.0. The molecule has 3 heterocycles. The standard InChI is InChI=1S/C44H34N3Te.C14H16NSi.Ir/c1-27(2)37-24-33(32-20-18-31(19-21-32)30-11-6-5-7-12-30)25-38(28(3)4)42(37)47-40-16-9-8-15-39(40)46-44(47)36-14-10-13-35-34-22-17-29(26-45)23-41(34)48-43(35)36;1-16(2,3)13-9-10-14(15-11-13)12-7-5-4-6-8-12;/h5-13,15-25,27-28H,1-4H3;4-7,9-11H,1-3H3;/q2*-1;. The minimum absolute atomic E-state index is 0. The number of benzene rings is 7. The first kappa shape index (κ1) is 45.9. The Bertz CT molecular complexity index is 3270. The van der Waals surface area contributed by atoms with E-state index in [4.69, 9.17) is 4.98 Å². The van der Waals surface area contributed by atoms with Gasteiger partial charge < -0.3 is 4.98 Å². The van der Waals surface area contributed by atoms with E-state index in [1.807, 2.05) is 42.6 Å². The van der Waals surface area contributed by atoms with Crippen molar-refractivity contribution in [2.45, 2.75) is 59.2 Å². The maximum atomic E-state index is 9.60. The molecule has 0 amide bonds. The second-order valence-electron chi connectivity index (χ2n) is 18.0. The topological polar surface area (TPSA) is 54.5 Å². The summed E-state index contributed by atoms with van der Waals surface area (Å²) in [5, 5.41) is 13.5. The molecule has 10 aromatic rings. The van der Waals surface area contributed by atoms with E-state index >= 15 is 0 Å². The molecule has 7 heteroatoms. The number of pyridine rings is 1. The maximum absolute atomic E-state index is 9.60. The monoisotopic (exact) mass is 1150 g/mol. The van der Waals surface area contributed by atoms with Gasteiger partial charge in [-0.3, -0.25) is 0 Å². The van der Waals surface area contributed by atoms with Crippen molar-refractivity contribution in [1.82, 2.24) is 14.5 Å². The van der Waals surface area contributed by atoms with Gasteiger partial charge in [0.25, 0.3) is 0 Å². The second kappa shape index (κ2) is 19.4. The number of rotatable bonds is 8. The molecule has 3 aromatic heterocycles. The molecule has 7 aromatic carbocycles. The third kappa shape index (κ3) is 9.39. The molecule has 0 bridgehead atoms. The third-order valence-electron chi connectivity index (χ3n) is 11.9. The minimum atomic E-state index is -1.23. The van der Waals surface area contributed by atoms with Gasteiger partial charge in [0.2, 0.25) is 0 Å². The van der Waals surface area contributed by atoms with Crippen molar-refractivity contribution in [3.8, 4) is 56.7 Å². The zero-order valence-electron chi connectivity index (χ0n) is 37.8. The van der Waals surface area contributed by atoms with Gasteiger partial charge in [-0.25, -0.2) is 0 Å². The Morgan fingerprint density at radius 1 is 0.646 bits per heavy atom. The Labute approximate surface area is 407 Å². The van der Waals surface area contributed by atoms with E-state index in [1.54, 1.807) is 0 Å². The van der Waals surface area contributed by atoms with Gasteiger partial charge in [0.1, 0.15) is 0 Å².